The van der Waals surface area contributed by atoms with E-state index in [2.05, 4.69) is 0 Å². The van der Waals surface area contributed by atoms with Gasteiger partial charge in [0.25, 0.3) is 17.4 Å². The first kappa shape index (κ1) is 16.3. The quantitative estimate of drug-likeness (QED) is 0.751. The predicted octanol–water partition coefficient (Wildman–Crippen LogP) is 1.19. The molecule has 0 saturated carbocycles. The van der Waals surface area contributed by atoms with Crippen molar-refractivity contribution in [1.82, 2.24) is 9.88 Å². The molecule has 0 unspecified atom stereocenters. The number of amides is 2. The second kappa shape index (κ2) is 5.20. The van der Waals surface area contributed by atoms with E-state index in [9.17, 15) is 27.6 Å². The number of halogens is 3. The molecule has 2 amide bonds. The highest BCUT2D eigenvalue weighted by Gasteiger charge is 2.34. The third-order valence-corrected chi connectivity index (χ3v) is 3.64. The van der Waals surface area contributed by atoms with Crippen LogP contribution in [0.1, 0.15) is 31.8 Å². The number of rotatable bonds is 1. The van der Waals surface area contributed by atoms with Crippen LogP contribution < -0.4 is 16.6 Å². The first-order chi connectivity index (χ1) is 11.6. The van der Waals surface area contributed by atoms with E-state index in [1.807, 2.05) is 5.32 Å². The number of nitrogen functional groups attached to an aromatic ring is 1. The molecule has 0 bridgehead atoms. The van der Waals surface area contributed by atoms with E-state index in [4.69, 9.17) is 11.0 Å². The second-order valence-corrected chi connectivity index (χ2v) is 5.12. The first-order valence-corrected chi connectivity index (χ1v) is 6.68. The van der Waals surface area contributed by atoms with Crippen molar-refractivity contribution in [2.75, 3.05) is 5.73 Å². The Bertz CT molecular complexity index is 1050. The molecule has 1 aromatic carbocycles. The normalized spacial score (nSPS) is 13.4. The van der Waals surface area contributed by atoms with Crippen LogP contribution in [0.2, 0.25) is 0 Å². The average Bonchev–Trinajstić information content (AvgIpc) is 2.80. The number of nitrogens with zero attached hydrogens (tertiary/aromatic N) is 2. The van der Waals surface area contributed by atoms with E-state index >= 15 is 0 Å². The lowest BCUT2D eigenvalue weighted by atomic mass is 10.1. The van der Waals surface area contributed by atoms with E-state index in [0.717, 1.165) is 12.1 Å². The molecule has 3 rings (SSSR count). The Morgan fingerprint density at radius 1 is 1.12 bits per heavy atom. The van der Waals surface area contributed by atoms with Crippen molar-refractivity contribution in [3.63, 3.8) is 0 Å². The maximum atomic E-state index is 12.9. The highest BCUT2D eigenvalue weighted by molar-refractivity contribution is 6.23. The Kier molecular flexibility index (Phi) is 3.38. The maximum Gasteiger partial charge on any atom is 0.416 e. The standard InChI is InChI=1S/C15H7F3N4O3/c16-15(17,18)7-2-1-6(5-19)9(3-7)22-10(23)4-8-11(12(22)20)14(25)21-13(8)24/h1-4H,20H2,(H,21,24,25). The van der Waals surface area contributed by atoms with Crippen LogP contribution in [0.25, 0.3) is 5.69 Å². The fourth-order valence-corrected chi connectivity index (χ4v) is 2.52. The number of alkyl halides is 3. The summed E-state index contributed by atoms with van der Waals surface area (Å²) in [6.07, 6.45) is -4.72. The van der Waals surface area contributed by atoms with Gasteiger partial charge in [0.05, 0.1) is 27.9 Å². The number of hydrogen-bond donors (Lipinski definition) is 2. The Balaban J connectivity index is 2.37. The Morgan fingerprint density at radius 2 is 1.80 bits per heavy atom. The number of fused-ring (bicyclic) bond motifs is 1. The molecule has 0 radical (unpaired) electrons. The molecule has 1 aliphatic heterocycles. The molecule has 7 nitrogen and oxygen atoms in total. The van der Waals surface area contributed by atoms with Crippen LogP contribution in [0, 0.1) is 11.3 Å². The van der Waals surface area contributed by atoms with Crippen molar-refractivity contribution >= 4 is 17.6 Å². The van der Waals surface area contributed by atoms with Gasteiger partial charge in [0.1, 0.15) is 11.9 Å². The number of carbonyl (C=O) groups is 2. The van der Waals surface area contributed by atoms with E-state index < -0.39 is 40.6 Å². The smallest absolute Gasteiger partial charge is 0.384 e. The molecule has 1 aromatic heterocycles. The van der Waals surface area contributed by atoms with Gasteiger partial charge >= 0.3 is 6.18 Å². The highest BCUT2D eigenvalue weighted by Crippen LogP contribution is 2.32. The first-order valence-electron chi connectivity index (χ1n) is 6.68. The van der Waals surface area contributed by atoms with Crippen LogP contribution in [0.4, 0.5) is 19.0 Å². The predicted molar refractivity (Wildman–Crippen MR) is 78.0 cm³/mol. The summed E-state index contributed by atoms with van der Waals surface area (Å²) in [6.45, 7) is 0. The molecular weight excluding hydrogens is 341 g/mol. The summed E-state index contributed by atoms with van der Waals surface area (Å²) in [5.41, 5.74) is 2.42. The van der Waals surface area contributed by atoms with E-state index in [1.54, 1.807) is 6.07 Å². The van der Waals surface area contributed by atoms with Gasteiger partial charge in [-0.3, -0.25) is 24.3 Å². The summed E-state index contributed by atoms with van der Waals surface area (Å²) in [6, 6.07) is 4.61. The lowest BCUT2D eigenvalue weighted by molar-refractivity contribution is -0.137. The molecule has 3 N–H and O–H groups in total. The summed E-state index contributed by atoms with van der Waals surface area (Å²) in [4.78, 5) is 35.7. The van der Waals surface area contributed by atoms with Gasteiger partial charge in [0, 0.05) is 6.07 Å². The lowest BCUT2D eigenvalue weighted by Gasteiger charge is -2.15. The topological polar surface area (TPSA) is 118 Å². The van der Waals surface area contributed by atoms with Crippen LogP contribution in [-0.2, 0) is 6.18 Å². The fourth-order valence-electron chi connectivity index (χ4n) is 2.52. The van der Waals surface area contributed by atoms with Gasteiger partial charge in [-0.15, -0.1) is 0 Å². The van der Waals surface area contributed by atoms with Crippen molar-refractivity contribution in [3.05, 3.63) is 56.9 Å². The molecule has 0 saturated heterocycles. The molecule has 126 valence electrons. The highest BCUT2D eigenvalue weighted by atomic mass is 19.4. The molecule has 25 heavy (non-hydrogen) atoms. The zero-order valence-corrected chi connectivity index (χ0v) is 12.1. The lowest BCUT2D eigenvalue weighted by Crippen LogP contribution is -2.25. The molecule has 2 heterocycles. The van der Waals surface area contributed by atoms with Gasteiger partial charge in [-0.2, -0.15) is 18.4 Å². The SMILES string of the molecule is N#Cc1ccc(C(F)(F)F)cc1-n1c(N)c2c(cc1=O)C(=O)NC2=O. The third-order valence-electron chi connectivity index (χ3n) is 3.64. The maximum absolute atomic E-state index is 12.9. The summed E-state index contributed by atoms with van der Waals surface area (Å²) in [7, 11) is 0. The van der Waals surface area contributed by atoms with E-state index in [1.165, 1.54) is 0 Å². The molecule has 1 aliphatic rings. The number of nitrogens with two attached hydrogens (primary N) is 1. The number of nitriles is 1. The van der Waals surface area contributed by atoms with Crippen molar-refractivity contribution < 1.29 is 22.8 Å². The van der Waals surface area contributed by atoms with Crippen molar-refractivity contribution in [1.29, 1.82) is 5.26 Å². The summed E-state index contributed by atoms with van der Waals surface area (Å²) in [5, 5.41) is 11.1. The van der Waals surface area contributed by atoms with Crippen molar-refractivity contribution in [2.45, 2.75) is 6.18 Å². The molecule has 0 spiro atoms. The summed E-state index contributed by atoms with van der Waals surface area (Å²) in [5.74, 6) is -2.24. The zero-order valence-electron chi connectivity index (χ0n) is 12.1. The molecule has 2 aromatic rings. The minimum Gasteiger partial charge on any atom is -0.384 e. The summed E-state index contributed by atoms with van der Waals surface area (Å²) >= 11 is 0. The van der Waals surface area contributed by atoms with E-state index in [-0.39, 0.29) is 16.7 Å². The number of hydrogen-bond acceptors (Lipinski definition) is 5. The van der Waals surface area contributed by atoms with Gasteiger partial charge in [-0.25, -0.2) is 0 Å². The van der Waals surface area contributed by atoms with Gasteiger partial charge in [-0.1, -0.05) is 0 Å². The number of imide groups is 1. The second-order valence-electron chi connectivity index (χ2n) is 5.12. The zero-order chi connectivity index (χ0) is 18.5. The summed E-state index contributed by atoms with van der Waals surface area (Å²) < 4.78 is 39.4. The van der Waals surface area contributed by atoms with Crippen LogP contribution in [-0.4, -0.2) is 16.4 Å². The molecule has 0 atom stereocenters. The number of pyridine rings is 1. The average molecular weight is 348 g/mol. The Labute approximate surface area is 137 Å². The Morgan fingerprint density at radius 3 is 2.40 bits per heavy atom. The van der Waals surface area contributed by atoms with Crippen LogP contribution in [0.15, 0.2) is 29.1 Å². The number of nitrogens with one attached hydrogen (secondary N) is 1. The van der Waals surface area contributed by atoms with Crippen LogP contribution in [0.3, 0.4) is 0 Å². The molecule has 10 heteroatoms. The minimum absolute atomic E-state index is 0.258. The Hall–Kier alpha value is -3.61. The van der Waals surface area contributed by atoms with Gasteiger partial charge < -0.3 is 5.73 Å². The number of aromatic nitrogens is 1. The monoisotopic (exact) mass is 348 g/mol. The molecular formula is C15H7F3N4O3. The van der Waals surface area contributed by atoms with Gasteiger partial charge in [0.15, 0.2) is 0 Å². The van der Waals surface area contributed by atoms with Gasteiger partial charge in [-0.05, 0) is 18.2 Å². The molecule has 0 aliphatic carbocycles. The van der Waals surface area contributed by atoms with E-state index in [0.29, 0.717) is 16.7 Å². The minimum atomic E-state index is -4.72. The third kappa shape index (κ3) is 2.42. The largest absolute Gasteiger partial charge is 0.416 e. The fraction of sp³-hybridized carbons (Fsp3) is 0.0667. The van der Waals surface area contributed by atoms with Crippen molar-refractivity contribution in [2.24, 2.45) is 0 Å². The molecule has 0 fully saturated rings. The number of anilines is 1. The van der Waals surface area contributed by atoms with Gasteiger partial charge in [0.2, 0.25) is 0 Å². The van der Waals surface area contributed by atoms with Crippen molar-refractivity contribution in [3.8, 4) is 11.8 Å². The van der Waals surface area contributed by atoms with Crippen LogP contribution >= 0.6 is 0 Å². The van der Waals surface area contributed by atoms with Crippen LogP contribution in [0.5, 0.6) is 0 Å². The number of carbonyl (C=O) groups excluding carboxylic acids is 2. The number of benzene rings is 1.